The molecule has 2 rings (SSSR count). The maximum Gasteiger partial charge on any atom is 0.112 e. The van der Waals surface area contributed by atoms with Crippen molar-refractivity contribution in [2.75, 3.05) is 6.54 Å². The van der Waals surface area contributed by atoms with Crippen LogP contribution in [0.15, 0.2) is 54.4 Å². The van der Waals surface area contributed by atoms with E-state index in [2.05, 4.69) is 17.0 Å². The molecule has 1 aromatic carbocycles. The molecular weight excluding hydrogens is 174 g/mol. The number of hydrogen-bond donors (Lipinski definition) is 1. The van der Waals surface area contributed by atoms with E-state index in [1.165, 1.54) is 5.56 Å². The van der Waals surface area contributed by atoms with Gasteiger partial charge in [0.1, 0.15) is 5.76 Å². The molecule has 0 radical (unpaired) electrons. The minimum Gasteiger partial charge on any atom is -0.510 e. The normalized spacial score (nSPS) is 15.4. The molecule has 0 unspecified atom stereocenters. The van der Waals surface area contributed by atoms with Gasteiger partial charge in [0.25, 0.3) is 0 Å². The summed E-state index contributed by atoms with van der Waals surface area (Å²) in [6.45, 7) is 1.45. The molecule has 0 saturated heterocycles. The molecule has 1 heterocycles. The van der Waals surface area contributed by atoms with Gasteiger partial charge in [-0.2, -0.15) is 0 Å². The zero-order valence-electron chi connectivity index (χ0n) is 7.93. The Morgan fingerprint density at radius 1 is 1.21 bits per heavy atom. The minimum atomic E-state index is 0.420. The Morgan fingerprint density at radius 2 is 2.00 bits per heavy atom. The standard InChI is InChI=1S/C12H13NO/c14-12-7-4-8-13(10-12)9-11-5-2-1-3-6-11/h1-8,14H,9-10H2. The monoisotopic (exact) mass is 187 g/mol. The van der Waals surface area contributed by atoms with Crippen LogP contribution in [0.4, 0.5) is 0 Å². The van der Waals surface area contributed by atoms with Gasteiger partial charge in [-0.05, 0) is 23.9 Å². The smallest absolute Gasteiger partial charge is 0.112 e. The molecule has 1 aliphatic rings. The molecule has 2 heteroatoms. The number of nitrogens with zero attached hydrogens (tertiary/aromatic N) is 1. The highest BCUT2D eigenvalue weighted by Gasteiger charge is 2.05. The van der Waals surface area contributed by atoms with E-state index in [1.807, 2.05) is 30.5 Å². The molecule has 0 aliphatic carbocycles. The second kappa shape index (κ2) is 4.01. The molecule has 0 bridgehead atoms. The van der Waals surface area contributed by atoms with Crippen molar-refractivity contribution in [2.24, 2.45) is 0 Å². The van der Waals surface area contributed by atoms with E-state index in [9.17, 15) is 5.11 Å². The van der Waals surface area contributed by atoms with Gasteiger partial charge in [0.15, 0.2) is 0 Å². The van der Waals surface area contributed by atoms with Gasteiger partial charge in [-0.25, -0.2) is 0 Å². The van der Waals surface area contributed by atoms with Crippen molar-refractivity contribution >= 4 is 0 Å². The average Bonchev–Trinajstić information content (AvgIpc) is 2.19. The summed E-state index contributed by atoms with van der Waals surface area (Å²) in [6.07, 6.45) is 5.58. The lowest BCUT2D eigenvalue weighted by molar-refractivity contribution is 0.302. The molecule has 1 aromatic rings. The maximum atomic E-state index is 9.33. The number of hydrogen-bond acceptors (Lipinski definition) is 2. The molecule has 0 amide bonds. The van der Waals surface area contributed by atoms with Crippen molar-refractivity contribution in [2.45, 2.75) is 6.54 Å². The number of aliphatic hydroxyl groups excluding tert-OH is 1. The van der Waals surface area contributed by atoms with Gasteiger partial charge in [-0.3, -0.25) is 0 Å². The highest BCUT2D eigenvalue weighted by molar-refractivity contribution is 5.18. The zero-order chi connectivity index (χ0) is 9.80. The van der Waals surface area contributed by atoms with Gasteiger partial charge in [0.05, 0.1) is 6.54 Å². The fraction of sp³-hybridized carbons (Fsp3) is 0.167. The summed E-state index contributed by atoms with van der Waals surface area (Å²) >= 11 is 0. The van der Waals surface area contributed by atoms with Crippen LogP contribution in [0, 0.1) is 0 Å². The van der Waals surface area contributed by atoms with Crippen molar-refractivity contribution in [1.29, 1.82) is 0 Å². The number of allylic oxidation sites excluding steroid dienone is 2. The lowest BCUT2D eigenvalue weighted by atomic mass is 10.2. The molecule has 0 aromatic heterocycles. The van der Waals surface area contributed by atoms with Crippen molar-refractivity contribution in [1.82, 2.24) is 4.90 Å². The summed E-state index contributed by atoms with van der Waals surface area (Å²) in [5, 5.41) is 9.33. The quantitative estimate of drug-likeness (QED) is 0.768. The summed E-state index contributed by atoms with van der Waals surface area (Å²) in [4.78, 5) is 2.07. The SMILES string of the molecule is OC1=CC=CN(Cc2ccccc2)C1. The third-order valence-electron chi connectivity index (χ3n) is 2.18. The van der Waals surface area contributed by atoms with Crippen LogP contribution < -0.4 is 0 Å². The first-order chi connectivity index (χ1) is 6.84. The molecular formula is C12H13NO. The van der Waals surface area contributed by atoms with Gasteiger partial charge in [-0.1, -0.05) is 30.3 Å². The lowest BCUT2D eigenvalue weighted by Crippen LogP contribution is -2.21. The van der Waals surface area contributed by atoms with Gasteiger partial charge >= 0.3 is 0 Å². The topological polar surface area (TPSA) is 23.5 Å². The van der Waals surface area contributed by atoms with Crippen LogP contribution in [0.1, 0.15) is 5.56 Å². The summed E-state index contributed by atoms with van der Waals surface area (Å²) in [5.41, 5.74) is 1.26. The van der Waals surface area contributed by atoms with E-state index in [0.717, 1.165) is 6.54 Å². The van der Waals surface area contributed by atoms with E-state index >= 15 is 0 Å². The van der Waals surface area contributed by atoms with Crippen molar-refractivity contribution < 1.29 is 5.11 Å². The lowest BCUT2D eigenvalue weighted by Gasteiger charge is -2.22. The number of benzene rings is 1. The fourth-order valence-electron chi connectivity index (χ4n) is 1.52. The molecule has 2 nitrogen and oxygen atoms in total. The third kappa shape index (κ3) is 2.16. The van der Waals surface area contributed by atoms with Crippen LogP contribution in [-0.2, 0) is 6.54 Å². The average molecular weight is 187 g/mol. The van der Waals surface area contributed by atoms with Gasteiger partial charge < -0.3 is 10.0 Å². The summed E-state index contributed by atoms with van der Waals surface area (Å²) in [6, 6.07) is 10.2. The second-order valence-electron chi connectivity index (χ2n) is 3.39. The van der Waals surface area contributed by atoms with Crippen LogP contribution in [-0.4, -0.2) is 16.6 Å². The Labute approximate surface area is 83.8 Å². The van der Waals surface area contributed by atoms with Crippen molar-refractivity contribution in [3.05, 3.63) is 60.0 Å². The first kappa shape index (κ1) is 8.88. The Kier molecular flexibility index (Phi) is 2.54. The van der Waals surface area contributed by atoms with Gasteiger partial charge in [0.2, 0.25) is 0 Å². The summed E-state index contributed by atoms with van der Waals surface area (Å²) in [7, 11) is 0. The molecule has 0 atom stereocenters. The van der Waals surface area contributed by atoms with Crippen molar-refractivity contribution in [3.8, 4) is 0 Å². The maximum absolute atomic E-state index is 9.33. The Bertz CT molecular complexity index is 354. The van der Waals surface area contributed by atoms with Crippen LogP contribution in [0.5, 0.6) is 0 Å². The first-order valence-electron chi connectivity index (χ1n) is 4.69. The van der Waals surface area contributed by atoms with E-state index in [0.29, 0.717) is 12.3 Å². The molecule has 1 aliphatic heterocycles. The van der Waals surface area contributed by atoms with Crippen LogP contribution in [0.2, 0.25) is 0 Å². The Balaban J connectivity index is 2.00. The summed E-state index contributed by atoms with van der Waals surface area (Å²) < 4.78 is 0. The fourth-order valence-corrected chi connectivity index (χ4v) is 1.52. The van der Waals surface area contributed by atoms with E-state index in [1.54, 1.807) is 6.08 Å². The van der Waals surface area contributed by atoms with E-state index in [4.69, 9.17) is 0 Å². The second-order valence-corrected chi connectivity index (χ2v) is 3.39. The highest BCUT2D eigenvalue weighted by atomic mass is 16.3. The molecule has 14 heavy (non-hydrogen) atoms. The highest BCUT2D eigenvalue weighted by Crippen LogP contribution is 2.09. The van der Waals surface area contributed by atoms with Crippen LogP contribution in [0.25, 0.3) is 0 Å². The summed E-state index contributed by atoms with van der Waals surface area (Å²) in [5.74, 6) is 0.420. The predicted octanol–water partition coefficient (Wildman–Crippen LogP) is 2.46. The van der Waals surface area contributed by atoms with E-state index in [-0.39, 0.29) is 0 Å². The predicted molar refractivity (Wildman–Crippen MR) is 56.7 cm³/mol. The zero-order valence-corrected chi connectivity index (χ0v) is 7.93. The van der Waals surface area contributed by atoms with Gasteiger partial charge in [0, 0.05) is 6.54 Å². The molecule has 0 saturated carbocycles. The number of rotatable bonds is 2. The molecule has 0 fully saturated rings. The largest absolute Gasteiger partial charge is 0.510 e. The molecule has 1 N–H and O–H groups in total. The first-order valence-corrected chi connectivity index (χ1v) is 4.69. The molecule has 72 valence electrons. The van der Waals surface area contributed by atoms with Crippen LogP contribution >= 0.6 is 0 Å². The molecule has 0 spiro atoms. The van der Waals surface area contributed by atoms with Gasteiger partial charge in [-0.15, -0.1) is 0 Å². The van der Waals surface area contributed by atoms with Crippen molar-refractivity contribution in [3.63, 3.8) is 0 Å². The number of aliphatic hydroxyl groups is 1. The van der Waals surface area contributed by atoms with Crippen LogP contribution in [0.3, 0.4) is 0 Å². The third-order valence-corrected chi connectivity index (χ3v) is 2.18. The minimum absolute atomic E-state index is 0.420. The Morgan fingerprint density at radius 3 is 2.71 bits per heavy atom. The van der Waals surface area contributed by atoms with E-state index < -0.39 is 0 Å². The Hall–Kier alpha value is -1.70.